The smallest absolute Gasteiger partial charge is 0.165 e. The van der Waals surface area contributed by atoms with Gasteiger partial charge in [-0.05, 0) is 49.2 Å². The van der Waals surface area contributed by atoms with Crippen LogP contribution in [0.1, 0.15) is 16.8 Å². The molecule has 0 aliphatic rings. The van der Waals surface area contributed by atoms with Gasteiger partial charge in [-0.3, -0.25) is 0 Å². The van der Waals surface area contributed by atoms with Gasteiger partial charge in [-0.15, -0.1) is 0 Å². The van der Waals surface area contributed by atoms with E-state index >= 15 is 0 Å². The quantitative estimate of drug-likeness (QED) is 0.886. The number of aromatic nitrogens is 1. The molecule has 1 aromatic heterocycles. The van der Waals surface area contributed by atoms with Crippen LogP contribution in [0.5, 0.6) is 0 Å². The number of aryl methyl sites for hydroxylation is 2. The summed E-state index contributed by atoms with van der Waals surface area (Å²) in [6.07, 6.45) is 0. The van der Waals surface area contributed by atoms with E-state index in [1.165, 1.54) is 0 Å². The Labute approximate surface area is 120 Å². The number of benzene rings is 1. The van der Waals surface area contributed by atoms with Crippen LogP contribution >= 0.6 is 15.9 Å². The number of rotatable bonds is 2. The average molecular weight is 317 g/mol. The number of hydrogen-bond donors (Lipinski definition) is 2. The summed E-state index contributed by atoms with van der Waals surface area (Å²) in [4.78, 5) is 4.18. The molecule has 19 heavy (non-hydrogen) atoms. The van der Waals surface area contributed by atoms with Gasteiger partial charge in [-0.2, -0.15) is 5.26 Å². The molecule has 2 rings (SSSR count). The number of pyridine rings is 1. The molecule has 3 N–H and O–H groups in total. The van der Waals surface area contributed by atoms with Gasteiger partial charge in [-0.25, -0.2) is 4.98 Å². The van der Waals surface area contributed by atoms with Gasteiger partial charge < -0.3 is 11.1 Å². The Morgan fingerprint density at radius 1 is 1.26 bits per heavy atom. The van der Waals surface area contributed by atoms with Crippen molar-refractivity contribution in [2.75, 3.05) is 11.1 Å². The van der Waals surface area contributed by atoms with Gasteiger partial charge in [0.25, 0.3) is 0 Å². The summed E-state index contributed by atoms with van der Waals surface area (Å²) in [6, 6.07) is 9.47. The zero-order valence-electron chi connectivity index (χ0n) is 10.7. The second kappa shape index (κ2) is 5.29. The van der Waals surface area contributed by atoms with Crippen LogP contribution in [0.15, 0.2) is 28.7 Å². The molecule has 0 radical (unpaired) electrons. The monoisotopic (exact) mass is 316 g/mol. The van der Waals surface area contributed by atoms with Gasteiger partial charge >= 0.3 is 0 Å². The van der Waals surface area contributed by atoms with E-state index in [1.807, 2.05) is 32.0 Å². The van der Waals surface area contributed by atoms with Crippen LogP contribution < -0.4 is 11.1 Å². The van der Waals surface area contributed by atoms with E-state index in [-0.39, 0.29) is 5.69 Å². The summed E-state index contributed by atoms with van der Waals surface area (Å²) in [7, 11) is 0. The molecule has 0 saturated heterocycles. The molecular formula is C14H13BrN4. The summed E-state index contributed by atoms with van der Waals surface area (Å²) in [5.41, 5.74) is 9.47. The maximum atomic E-state index is 8.93. The van der Waals surface area contributed by atoms with Crippen molar-refractivity contribution in [2.24, 2.45) is 0 Å². The van der Waals surface area contributed by atoms with E-state index in [1.54, 1.807) is 12.1 Å². The number of nitrogen functional groups attached to an aromatic ring is 1. The minimum atomic E-state index is 0.234. The van der Waals surface area contributed by atoms with Crippen LogP contribution in [0.25, 0.3) is 0 Å². The molecule has 4 nitrogen and oxygen atoms in total. The fraction of sp³-hybridized carbons (Fsp3) is 0.143. The third-order valence-corrected chi connectivity index (χ3v) is 3.24. The fourth-order valence-corrected chi connectivity index (χ4v) is 2.55. The summed E-state index contributed by atoms with van der Waals surface area (Å²) in [6.45, 7) is 4.03. The van der Waals surface area contributed by atoms with E-state index < -0.39 is 0 Å². The number of nitrogens with one attached hydrogen (secondary N) is 1. The number of nitrogens with two attached hydrogens (primary N) is 1. The van der Waals surface area contributed by atoms with Crippen molar-refractivity contribution >= 4 is 33.1 Å². The van der Waals surface area contributed by atoms with Crippen molar-refractivity contribution in [3.05, 3.63) is 45.6 Å². The van der Waals surface area contributed by atoms with Crippen LogP contribution in [0, 0.1) is 25.2 Å². The topological polar surface area (TPSA) is 74.7 Å². The molecule has 1 heterocycles. The number of hydrogen-bond acceptors (Lipinski definition) is 4. The van der Waals surface area contributed by atoms with Crippen LogP contribution in [-0.4, -0.2) is 4.98 Å². The van der Waals surface area contributed by atoms with Gasteiger partial charge in [0.15, 0.2) is 5.69 Å². The Kier molecular flexibility index (Phi) is 3.72. The second-order valence-electron chi connectivity index (χ2n) is 4.29. The Morgan fingerprint density at radius 2 is 1.89 bits per heavy atom. The lowest BCUT2D eigenvalue weighted by atomic mass is 10.1. The largest absolute Gasteiger partial charge is 0.396 e. The molecule has 1 aromatic carbocycles. The second-order valence-corrected chi connectivity index (χ2v) is 5.20. The van der Waals surface area contributed by atoms with E-state index in [9.17, 15) is 0 Å². The molecule has 2 aromatic rings. The Balaban J connectivity index is 2.40. The maximum absolute atomic E-state index is 8.93. The highest BCUT2D eigenvalue weighted by molar-refractivity contribution is 9.10. The van der Waals surface area contributed by atoms with E-state index in [2.05, 4.69) is 26.2 Å². The molecule has 96 valence electrons. The van der Waals surface area contributed by atoms with Gasteiger partial charge in [-0.1, -0.05) is 15.9 Å². The van der Waals surface area contributed by atoms with Crippen LogP contribution in [0.2, 0.25) is 0 Å². The Morgan fingerprint density at radius 3 is 2.47 bits per heavy atom. The average Bonchev–Trinajstić information content (AvgIpc) is 2.35. The minimum Gasteiger partial charge on any atom is -0.396 e. The SMILES string of the molecule is Cc1cc(Br)cc(C)c1Nc1ccc(N)c(C#N)n1. The highest BCUT2D eigenvalue weighted by atomic mass is 79.9. The molecule has 0 saturated carbocycles. The molecule has 0 aliphatic carbocycles. The normalized spacial score (nSPS) is 10.0. The molecular weight excluding hydrogens is 304 g/mol. The number of nitriles is 1. The lowest BCUT2D eigenvalue weighted by Gasteiger charge is -2.13. The summed E-state index contributed by atoms with van der Waals surface area (Å²) >= 11 is 3.46. The van der Waals surface area contributed by atoms with Crippen molar-refractivity contribution in [3.63, 3.8) is 0 Å². The fourth-order valence-electron chi connectivity index (χ4n) is 1.86. The molecule has 0 fully saturated rings. The van der Waals surface area contributed by atoms with E-state index in [0.29, 0.717) is 11.5 Å². The molecule has 0 aliphatic heterocycles. The summed E-state index contributed by atoms with van der Waals surface area (Å²) < 4.78 is 1.04. The molecule has 0 unspecified atom stereocenters. The van der Waals surface area contributed by atoms with E-state index in [0.717, 1.165) is 21.3 Å². The first kappa shape index (κ1) is 13.4. The summed E-state index contributed by atoms with van der Waals surface area (Å²) in [5.74, 6) is 0.610. The van der Waals surface area contributed by atoms with Gasteiger partial charge in [0.2, 0.25) is 0 Å². The van der Waals surface area contributed by atoms with Crippen LogP contribution in [-0.2, 0) is 0 Å². The van der Waals surface area contributed by atoms with E-state index in [4.69, 9.17) is 11.0 Å². The third kappa shape index (κ3) is 2.85. The van der Waals surface area contributed by atoms with Gasteiger partial charge in [0, 0.05) is 10.2 Å². The predicted molar refractivity (Wildman–Crippen MR) is 80.3 cm³/mol. The first-order valence-corrected chi connectivity index (χ1v) is 6.51. The zero-order chi connectivity index (χ0) is 14.0. The standard InChI is InChI=1S/C14H13BrN4/c1-8-5-10(15)6-9(2)14(8)19-13-4-3-11(17)12(7-16)18-13/h3-6H,17H2,1-2H3,(H,18,19). The number of nitrogens with zero attached hydrogens (tertiary/aromatic N) is 2. The Hall–Kier alpha value is -2.06. The van der Waals surface area contributed by atoms with Crippen LogP contribution in [0.3, 0.4) is 0 Å². The molecule has 5 heteroatoms. The molecule has 0 bridgehead atoms. The molecule has 0 amide bonds. The third-order valence-electron chi connectivity index (χ3n) is 2.78. The van der Waals surface area contributed by atoms with Crippen molar-refractivity contribution < 1.29 is 0 Å². The number of halogens is 1. The lowest BCUT2D eigenvalue weighted by Crippen LogP contribution is -2.01. The highest BCUT2D eigenvalue weighted by Gasteiger charge is 2.07. The highest BCUT2D eigenvalue weighted by Crippen LogP contribution is 2.27. The lowest BCUT2D eigenvalue weighted by molar-refractivity contribution is 1.24. The first-order valence-electron chi connectivity index (χ1n) is 5.71. The molecule has 0 atom stereocenters. The van der Waals surface area contributed by atoms with Gasteiger partial charge in [0.05, 0.1) is 5.69 Å². The number of anilines is 3. The van der Waals surface area contributed by atoms with Gasteiger partial charge in [0.1, 0.15) is 11.9 Å². The van der Waals surface area contributed by atoms with Crippen LogP contribution in [0.4, 0.5) is 17.2 Å². The zero-order valence-corrected chi connectivity index (χ0v) is 12.2. The summed E-state index contributed by atoms with van der Waals surface area (Å²) in [5, 5.41) is 12.2. The molecule has 0 spiro atoms. The van der Waals surface area contributed by atoms with Crippen molar-refractivity contribution in [1.29, 1.82) is 5.26 Å². The van der Waals surface area contributed by atoms with Crippen molar-refractivity contribution in [3.8, 4) is 6.07 Å². The first-order chi connectivity index (χ1) is 9.01. The Bertz CT molecular complexity index is 651. The van der Waals surface area contributed by atoms with Crippen molar-refractivity contribution in [1.82, 2.24) is 4.98 Å². The maximum Gasteiger partial charge on any atom is 0.165 e. The van der Waals surface area contributed by atoms with Crippen molar-refractivity contribution in [2.45, 2.75) is 13.8 Å². The minimum absolute atomic E-state index is 0.234. The predicted octanol–water partition coefficient (Wildman–Crippen LogP) is 3.66.